The average Bonchev–Trinajstić information content (AvgIpc) is 2.96. The van der Waals surface area contributed by atoms with Crippen LogP contribution in [0, 0.1) is 0 Å². The summed E-state index contributed by atoms with van der Waals surface area (Å²) in [5.74, 6) is 0. The molecule has 1 heterocycles. The highest BCUT2D eigenvalue weighted by molar-refractivity contribution is 6.43. The van der Waals surface area contributed by atoms with Gasteiger partial charge in [-0.1, -0.05) is 29.3 Å². The van der Waals surface area contributed by atoms with Crippen molar-refractivity contribution < 1.29 is 9.53 Å². The molecule has 1 aromatic carbocycles. The Bertz CT molecular complexity index is 688. The second kappa shape index (κ2) is 8.97. The van der Waals surface area contributed by atoms with E-state index in [4.69, 9.17) is 27.9 Å². The highest BCUT2D eigenvalue weighted by Gasteiger charge is 2.17. The zero-order chi connectivity index (χ0) is 17.5. The van der Waals surface area contributed by atoms with Crippen LogP contribution in [0.4, 0.5) is 10.5 Å². The van der Waals surface area contributed by atoms with Gasteiger partial charge in [0, 0.05) is 39.2 Å². The fourth-order valence-electron chi connectivity index (χ4n) is 2.30. The molecule has 2 aromatic rings. The molecule has 7 heteroatoms. The molecule has 2 rings (SSSR count). The molecule has 1 aromatic heterocycles. The molecule has 0 bridgehead atoms. The predicted molar refractivity (Wildman–Crippen MR) is 97.8 cm³/mol. The Balaban J connectivity index is 2.11. The molecule has 0 radical (unpaired) electrons. The fraction of sp³-hybridized carbons (Fsp3) is 0.353. The van der Waals surface area contributed by atoms with Crippen molar-refractivity contribution in [2.24, 2.45) is 7.05 Å². The van der Waals surface area contributed by atoms with Gasteiger partial charge in [0.15, 0.2) is 0 Å². The van der Waals surface area contributed by atoms with Gasteiger partial charge in [0.1, 0.15) is 0 Å². The molecule has 0 aliphatic rings. The molecule has 0 saturated carbocycles. The van der Waals surface area contributed by atoms with E-state index in [-0.39, 0.29) is 6.03 Å². The molecular weight excluding hydrogens is 349 g/mol. The van der Waals surface area contributed by atoms with Crippen LogP contribution in [0.25, 0.3) is 0 Å². The van der Waals surface area contributed by atoms with Crippen LogP contribution in [0.5, 0.6) is 0 Å². The summed E-state index contributed by atoms with van der Waals surface area (Å²) in [6.45, 7) is 1.66. The zero-order valence-corrected chi connectivity index (χ0v) is 15.3. The zero-order valence-electron chi connectivity index (χ0n) is 13.8. The Labute approximate surface area is 152 Å². The predicted octanol–water partition coefficient (Wildman–Crippen LogP) is 4.40. The third kappa shape index (κ3) is 4.90. The summed E-state index contributed by atoms with van der Waals surface area (Å²) in [6.07, 6.45) is 2.70. The maximum Gasteiger partial charge on any atom is 0.322 e. The van der Waals surface area contributed by atoms with E-state index in [0.29, 0.717) is 35.4 Å². The summed E-state index contributed by atoms with van der Waals surface area (Å²) >= 11 is 12.1. The third-order valence-corrected chi connectivity index (χ3v) is 4.48. The number of carbonyl (C=O) groups excluding carboxylic acids is 1. The van der Waals surface area contributed by atoms with Crippen LogP contribution >= 0.6 is 23.2 Å². The first-order valence-electron chi connectivity index (χ1n) is 7.62. The maximum atomic E-state index is 12.7. The molecule has 0 atom stereocenters. The summed E-state index contributed by atoms with van der Waals surface area (Å²) in [7, 11) is 3.60. The van der Waals surface area contributed by atoms with Gasteiger partial charge in [0.25, 0.3) is 0 Å². The molecule has 0 aliphatic carbocycles. The number of hydrogen-bond acceptors (Lipinski definition) is 2. The maximum absolute atomic E-state index is 12.7. The van der Waals surface area contributed by atoms with E-state index in [9.17, 15) is 4.79 Å². The molecule has 1 N–H and O–H groups in total. The number of ether oxygens (including phenoxy) is 1. The van der Waals surface area contributed by atoms with Gasteiger partial charge < -0.3 is 19.5 Å². The quantitative estimate of drug-likeness (QED) is 0.735. The van der Waals surface area contributed by atoms with Crippen LogP contribution in [0.15, 0.2) is 36.5 Å². The molecule has 130 valence electrons. The van der Waals surface area contributed by atoms with Gasteiger partial charge in [-0.15, -0.1) is 0 Å². The summed E-state index contributed by atoms with van der Waals surface area (Å²) in [5, 5.41) is 3.57. The number of rotatable bonds is 7. The van der Waals surface area contributed by atoms with E-state index in [0.717, 1.165) is 12.1 Å². The molecule has 2 amide bonds. The molecule has 5 nitrogen and oxygen atoms in total. The van der Waals surface area contributed by atoms with Gasteiger partial charge in [-0.2, -0.15) is 0 Å². The van der Waals surface area contributed by atoms with Crippen LogP contribution in [0.3, 0.4) is 0 Å². The Morgan fingerprint density at radius 1 is 1.29 bits per heavy atom. The van der Waals surface area contributed by atoms with Gasteiger partial charge in [0.2, 0.25) is 0 Å². The molecule has 0 aliphatic heterocycles. The first-order valence-corrected chi connectivity index (χ1v) is 8.37. The van der Waals surface area contributed by atoms with Gasteiger partial charge >= 0.3 is 6.03 Å². The van der Waals surface area contributed by atoms with Gasteiger partial charge in [0.05, 0.1) is 22.3 Å². The SMILES string of the molecule is COCCCN(Cc1cccn1C)C(=O)Nc1cccc(Cl)c1Cl. The smallest absolute Gasteiger partial charge is 0.322 e. The van der Waals surface area contributed by atoms with E-state index in [2.05, 4.69) is 5.32 Å². The Kier molecular flexibility index (Phi) is 6.97. The fourth-order valence-corrected chi connectivity index (χ4v) is 2.65. The minimum Gasteiger partial charge on any atom is -0.385 e. The number of aromatic nitrogens is 1. The monoisotopic (exact) mass is 369 g/mol. The van der Waals surface area contributed by atoms with Crippen LogP contribution in [0.1, 0.15) is 12.1 Å². The number of nitrogens with zero attached hydrogens (tertiary/aromatic N) is 2. The molecule has 0 saturated heterocycles. The van der Waals surface area contributed by atoms with E-state index < -0.39 is 0 Å². The number of halogens is 2. The van der Waals surface area contributed by atoms with Crippen LogP contribution < -0.4 is 5.32 Å². The van der Waals surface area contributed by atoms with Gasteiger partial charge in [-0.25, -0.2) is 4.79 Å². The van der Waals surface area contributed by atoms with Crippen molar-refractivity contribution >= 4 is 34.9 Å². The van der Waals surface area contributed by atoms with E-state index in [1.165, 1.54) is 0 Å². The number of nitrogens with one attached hydrogen (secondary N) is 1. The van der Waals surface area contributed by atoms with E-state index in [1.807, 2.05) is 29.9 Å². The number of amides is 2. The minimum atomic E-state index is -0.225. The van der Waals surface area contributed by atoms with Crippen molar-refractivity contribution in [3.05, 3.63) is 52.3 Å². The number of aryl methyl sites for hydroxylation is 1. The summed E-state index contributed by atoms with van der Waals surface area (Å²) in [6, 6.07) is 8.87. The molecule has 0 spiro atoms. The van der Waals surface area contributed by atoms with E-state index >= 15 is 0 Å². The van der Waals surface area contributed by atoms with Crippen molar-refractivity contribution in [2.45, 2.75) is 13.0 Å². The Morgan fingerprint density at radius 3 is 2.75 bits per heavy atom. The highest BCUT2D eigenvalue weighted by Crippen LogP contribution is 2.29. The van der Waals surface area contributed by atoms with Crippen molar-refractivity contribution in [2.75, 3.05) is 25.6 Å². The van der Waals surface area contributed by atoms with Gasteiger partial charge in [-0.3, -0.25) is 0 Å². The van der Waals surface area contributed by atoms with Crippen LogP contribution in [-0.4, -0.2) is 35.8 Å². The number of methoxy groups -OCH3 is 1. The average molecular weight is 370 g/mol. The van der Waals surface area contributed by atoms with Crippen LogP contribution in [-0.2, 0) is 18.3 Å². The Hall–Kier alpha value is -1.69. The lowest BCUT2D eigenvalue weighted by Crippen LogP contribution is -2.36. The number of carbonyl (C=O) groups is 1. The van der Waals surface area contributed by atoms with Crippen molar-refractivity contribution in [1.82, 2.24) is 9.47 Å². The number of hydrogen-bond donors (Lipinski definition) is 1. The Morgan fingerprint density at radius 2 is 2.08 bits per heavy atom. The lowest BCUT2D eigenvalue weighted by Gasteiger charge is -2.24. The number of benzene rings is 1. The van der Waals surface area contributed by atoms with E-state index in [1.54, 1.807) is 30.2 Å². The summed E-state index contributed by atoms with van der Waals surface area (Å²) in [5.41, 5.74) is 1.54. The first kappa shape index (κ1) is 18.6. The van der Waals surface area contributed by atoms with Crippen LogP contribution in [0.2, 0.25) is 10.0 Å². The molecule has 0 fully saturated rings. The lowest BCUT2D eigenvalue weighted by molar-refractivity contribution is 0.171. The van der Waals surface area contributed by atoms with Gasteiger partial charge in [-0.05, 0) is 30.7 Å². The molecule has 24 heavy (non-hydrogen) atoms. The first-order chi connectivity index (χ1) is 11.5. The van der Waals surface area contributed by atoms with Crippen molar-refractivity contribution in [3.8, 4) is 0 Å². The van der Waals surface area contributed by atoms with Crippen molar-refractivity contribution in [3.63, 3.8) is 0 Å². The summed E-state index contributed by atoms with van der Waals surface area (Å²) < 4.78 is 7.07. The standard InChI is InChI=1S/C17H21Cl2N3O2/c1-21-9-4-6-13(21)12-22(10-5-11-24-2)17(23)20-15-8-3-7-14(18)16(15)19/h3-4,6-9H,5,10-12H2,1-2H3,(H,20,23). The summed E-state index contributed by atoms with van der Waals surface area (Å²) in [4.78, 5) is 14.4. The second-order valence-corrected chi connectivity index (χ2v) is 6.20. The number of anilines is 1. The lowest BCUT2D eigenvalue weighted by atomic mass is 10.3. The molecular formula is C17H21Cl2N3O2. The number of urea groups is 1. The third-order valence-electron chi connectivity index (χ3n) is 3.66. The normalized spacial score (nSPS) is 10.7. The largest absolute Gasteiger partial charge is 0.385 e. The van der Waals surface area contributed by atoms with Crippen molar-refractivity contribution in [1.29, 1.82) is 0 Å². The second-order valence-electron chi connectivity index (χ2n) is 5.41. The highest BCUT2D eigenvalue weighted by atomic mass is 35.5. The molecule has 0 unspecified atom stereocenters. The minimum absolute atomic E-state index is 0.225. The topological polar surface area (TPSA) is 46.5 Å².